The molecule has 1 aliphatic rings. The Morgan fingerprint density at radius 1 is 1.37 bits per heavy atom. The molecule has 106 valence electrons. The zero-order valence-corrected chi connectivity index (χ0v) is 11.7. The van der Waals surface area contributed by atoms with Crippen LogP contribution in [0, 0.1) is 0 Å². The lowest BCUT2D eigenvalue weighted by Crippen LogP contribution is -2.35. The molecule has 0 saturated carbocycles. The molecular formula is C15H24N2O2. The first kappa shape index (κ1) is 14.3. The molecule has 19 heavy (non-hydrogen) atoms. The Morgan fingerprint density at radius 2 is 2.26 bits per heavy atom. The zero-order valence-electron chi connectivity index (χ0n) is 11.7. The maximum absolute atomic E-state index is 5.99. The Bertz CT molecular complexity index is 376. The molecule has 4 heteroatoms. The van der Waals surface area contributed by atoms with E-state index in [0.29, 0.717) is 13.2 Å². The van der Waals surface area contributed by atoms with Gasteiger partial charge in [-0.3, -0.25) is 4.90 Å². The number of nitrogens with zero attached hydrogens (tertiary/aromatic N) is 1. The van der Waals surface area contributed by atoms with Crippen LogP contribution >= 0.6 is 0 Å². The first-order chi connectivity index (χ1) is 9.35. The Kier molecular flexibility index (Phi) is 5.63. The highest BCUT2D eigenvalue weighted by molar-refractivity contribution is 5.31. The summed E-state index contributed by atoms with van der Waals surface area (Å²) in [7, 11) is 0. The van der Waals surface area contributed by atoms with E-state index in [0.717, 1.165) is 38.5 Å². The predicted molar refractivity (Wildman–Crippen MR) is 76.4 cm³/mol. The molecule has 0 aromatic heterocycles. The van der Waals surface area contributed by atoms with Gasteiger partial charge in [-0.05, 0) is 31.0 Å². The first-order valence-corrected chi connectivity index (χ1v) is 7.09. The van der Waals surface area contributed by atoms with Gasteiger partial charge in [0.05, 0.1) is 13.2 Å². The lowest BCUT2D eigenvalue weighted by atomic mass is 10.0. The largest absolute Gasteiger partial charge is 0.494 e. The summed E-state index contributed by atoms with van der Waals surface area (Å²) in [6.45, 7) is 6.94. The highest BCUT2D eigenvalue weighted by Crippen LogP contribution is 2.24. The van der Waals surface area contributed by atoms with Crippen LogP contribution < -0.4 is 10.5 Å². The minimum absolute atomic E-state index is 0.252. The van der Waals surface area contributed by atoms with Crippen molar-refractivity contribution in [2.24, 2.45) is 5.73 Å². The summed E-state index contributed by atoms with van der Waals surface area (Å²) in [4.78, 5) is 2.41. The maximum atomic E-state index is 5.99. The van der Waals surface area contributed by atoms with Crippen molar-refractivity contribution >= 4 is 0 Å². The molecule has 0 bridgehead atoms. The fourth-order valence-corrected chi connectivity index (χ4v) is 2.55. The lowest BCUT2D eigenvalue weighted by molar-refractivity contribution is 0.132. The van der Waals surface area contributed by atoms with Crippen LogP contribution in [0.1, 0.15) is 24.9 Å². The Hall–Kier alpha value is -1.10. The third kappa shape index (κ3) is 3.93. The second-order valence-corrected chi connectivity index (χ2v) is 4.76. The number of ether oxygens (including phenoxy) is 2. The molecule has 0 aliphatic carbocycles. The van der Waals surface area contributed by atoms with Crippen molar-refractivity contribution in [1.29, 1.82) is 0 Å². The Balaban J connectivity index is 2.13. The van der Waals surface area contributed by atoms with Crippen molar-refractivity contribution in [3.8, 4) is 5.75 Å². The lowest BCUT2D eigenvalue weighted by Gasteiger charge is -2.29. The van der Waals surface area contributed by atoms with Crippen LogP contribution in [0.25, 0.3) is 0 Å². The van der Waals surface area contributed by atoms with Gasteiger partial charge in [0.1, 0.15) is 5.75 Å². The van der Waals surface area contributed by atoms with E-state index >= 15 is 0 Å². The van der Waals surface area contributed by atoms with Crippen LogP contribution in [0.4, 0.5) is 0 Å². The number of rotatable bonds is 5. The maximum Gasteiger partial charge on any atom is 0.119 e. The van der Waals surface area contributed by atoms with Gasteiger partial charge in [-0.15, -0.1) is 0 Å². The predicted octanol–water partition coefficient (Wildman–Crippen LogP) is 1.81. The molecule has 1 saturated heterocycles. The Labute approximate surface area is 115 Å². The van der Waals surface area contributed by atoms with Crippen molar-refractivity contribution in [2.45, 2.75) is 19.4 Å². The molecule has 2 N–H and O–H groups in total. The number of hydrogen-bond acceptors (Lipinski definition) is 4. The SMILES string of the molecule is CCOc1cccc(C(CN)N2CCCOCC2)c1. The summed E-state index contributed by atoms with van der Waals surface area (Å²) in [5.74, 6) is 0.921. The van der Waals surface area contributed by atoms with Crippen molar-refractivity contribution in [3.63, 3.8) is 0 Å². The van der Waals surface area contributed by atoms with Gasteiger partial charge >= 0.3 is 0 Å². The molecule has 1 unspecified atom stereocenters. The summed E-state index contributed by atoms with van der Waals surface area (Å²) in [6.07, 6.45) is 1.07. The monoisotopic (exact) mass is 264 g/mol. The molecule has 1 aromatic rings. The van der Waals surface area contributed by atoms with Crippen LogP contribution in [0.3, 0.4) is 0 Å². The molecule has 1 heterocycles. The average molecular weight is 264 g/mol. The second kappa shape index (κ2) is 7.48. The van der Waals surface area contributed by atoms with E-state index in [2.05, 4.69) is 17.0 Å². The van der Waals surface area contributed by atoms with Gasteiger partial charge in [0, 0.05) is 32.3 Å². The van der Waals surface area contributed by atoms with E-state index in [1.165, 1.54) is 5.56 Å². The van der Waals surface area contributed by atoms with Crippen molar-refractivity contribution in [2.75, 3.05) is 39.5 Å². The quantitative estimate of drug-likeness (QED) is 0.881. The molecule has 0 spiro atoms. The van der Waals surface area contributed by atoms with Gasteiger partial charge in [0.15, 0.2) is 0 Å². The van der Waals surface area contributed by atoms with Crippen LogP contribution in [-0.2, 0) is 4.74 Å². The highest BCUT2D eigenvalue weighted by Gasteiger charge is 2.20. The highest BCUT2D eigenvalue weighted by atomic mass is 16.5. The van der Waals surface area contributed by atoms with Crippen molar-refractivity contribution in [3.05, 3.63) is 29.8 Å². The van der Waals surface area contributed by atoms with E-state index in [9.17, 15) is 0 Å². The fourth-order valence-electron chi connectivity index (χ4n) is 2.55. The average Bonchev–Trinajstić information content (AvgIpc) is 2.70. The number of hydrogen-bond donors (Lipinski definition) is 1. The van der Waals surface area contributed by atoms with Crippen molar-refractivity contribution < 1.29 is 9.47 Å². The summed E-state index contributed by atoms with van der Waals surface area (Å²) in [6, 6.07) is 8.52. The fraction of sp³-hybridized carbons (Fsp3) is 0.600. The van der Waals surface area contributed by atoms with Crippen LogP contribution in [0.15, 0.2) is 24.3 Å². The first-order valence-electron chi connectivity index (χ1n) is 7.09. The molecule has 0 radical (unpaired) electrons. The van der Waals surface area contributed by atoms with E-state index in [1.54, 1.807) is 0 Å². The minimum Gasteiger partial charge on any atom is -0.494 e. The molecule has 1 aliphatic heterocycles. The summed E-state index contributed by atoms with van der Waals surface area (Å²) in [5, 5.41) is 0. The smallest absolute Gasteiger partial charge is 0.119 e. The number of nitrogens with two attached hydrogens (primary N) is 1. The third-order valence-corrected chi connectivity index (χ3v) is 3.47. The molecule has 0 amide bonds. The molecule has 1 atom stereocenters. The van der Waals surface area contributed by atoms with Gasteiger partial charge in [-0.25, -0.2) is 0 Å². The zero-order chi connectivity index (χ0) is 13.5. The van der Waals surface area contributed by atoms with Crippen molar-refractivity contribution in [1.82, 2.24) is 4.90 Å². The van der Waals surface area contributed by atoms with Gasteiger partial charge in [-0.1, -0.05) is 12.1 Å². The van der Waals surface area contributed by atoms with Gasteiger partial charge < -0.3 is 15.2 Å². The summed E-state index contributed by atoms with van der Waals surface area (Å²) < 4.78 is 11.1. The van der Waals surface area contributed by atoms with E-state index in [4.69, 9.17) is 15.2 Å². The molecule has 1 fully saturated rings. The van der Waals surface area contributed by atoms with E-state index in [-0.39, 0.29) is 6.04 Å². The second-order valence-electron chi connectivity index (χ2n) is 4.76. The molecule has 1 aromatic carbocycles. The van der Waals surface area contributed by atoms with Crippen LogP contribution in [0.2, 0.25) is 0 Å². The molecule has 2 rings (SSSR count). The summed E-state index contributed by atoms with van der Waals surface area (Å²) in [5.41, 5.74) is 7.22. The third-order valence-electron chi connectivity index (χ3n) is 3.47. The Morgan fingerprint density at radius 3 is 3.05 bits per heavy atom. The molecule has 4 nitrogen and oxygen atoms in total. The van der Waals surface area contributed by atoms with E-state index in [1.807, 2.05) is 19.1 Å². The standard InChI is InChI=1S/C15H24N2O2/c1-2-19-14-6-3-5-13(11-14)15(12-16)17-7-4-9-18-10-8-17/h3,5-6,11,15H,2,4,7-10,12,16H2,1H3. The normalized spacial score (nSPS) is 18.8. The van der Waals surface area contributed by atoms with E-state index < -0.39 is 0 Å². The number of benzene rings is 1. The summed E-state index contributed by atoms with van der Waals surface area (Å²) >= 11 is 0. The topological polar surface area (TPSA) is 47.7 Å². The molecular weight excluding hydrogens is 240 g/mol. The van der Waals surface area contributed by atoms with Gasteiger partial charge in [0.25, 0.3) is 0 Å². The van der Waals surface area contributed by atoms with Crippen LogP contribution in [-0.4, -0.2) is 44.4 Å². The van der Waals surface area contributed by atoms with Gasteiger partial charge in [0.2, 0.25) is 0 Å². The van der Waals surface area contributed by atoms with Gasteiger partial charge in [-0.2, -0.15) is 0 Å². The van der Waals surface area contributed by atoms with Crippen LogP contribution in [0.5, 0.6) is 5.75 Å². The minimum atomic E-state index is 0.252.